The van der Waals surface area contributed by atoms with Crippen LogP contribution >= 0.6 is 15.9 Å². The Hall–Kier alpha value is -1.54. The molecule has 0 saturated heterocycles. The van der Waals surface area contributed by atoms with Crippen LogP contribution in [0.3, 0.4) is 0 Å². The molecule has 0 heterocycles. The summed E-state index contributed by atoms with van der Waals surface area (Å²) in [4.78, 5) is 11.7. The molecule has 0 amide bonds. The second kappa shape index (κ2) is 5.40. The number of nitriles is 1. The van der Waals surface area contributed by atoms with Gasteiger partial charge in [-0.1, -0.05) is 15.9 Å². The third-order valence-corrected chi connectivity index (χ3v) is 3.45. The first kappa shape index (κ1) is 12.9. The number of hydrogen-bond donors (Lipinski definition) is 1. The minimum absolute atomic E-state index is 0.274. The number of methoxy groups -OCH3 is 1. The molecule has 1 aromatic carbocycles. The highest BCUT2D eigenvalue weighted by atomic mass is 79.9. The maximum absolute atomic E-state index is 11.7. The van der Waals surface area contributed by atoms with E-state index in [1.54, 1.807) is 12.1 Å². The summed E-state index contributed by atoms with van der Waals surface area (Å²) in [6.07, 6.45) is 2.04. The van der Waals surface area contributed by atoms with Crippen molar-refractivity contribution in [1.82, 2.24) is 0 Å². The van der Waals surface area contributed by atoms with Crippen molar-refractivity contribution in [3.8, 4) is 6.07 Å². The molecule has 18 heavy (non-hydrogen) atoms. The fourth-order valence-corrected chi connectivity index (χ4v) is 2.19. The largest absolute Gasteiger partial charge is 0.467 e. The Kier molecular flexibility index (Phi) is 3.87. The van der Waals surface area contributed by atoms with E-state index < -0.39 is 0 Å². The van der Waals surface area contributed by atoms with Crippen molar-refractivity contribution in [2.75, 3.05) is 12.4 Å². The molecule has 5 heteroatoms. The molecule has 1 aliphatic rings. The van der Waals surface area contributed by atoms with Gasteiger partial charge in [0.1, 0.15) is 12.1 Å². The molecule has 1 aliphatic carbocycles. The Morgan fingerprint density at radius 3 is 2.89 bits per heavy atom. The number of benzene rings is 1. The van der Waals surface area contributed by atoms with Gasteiger partial charge in [-0.25, -0.2) is 4.79 Å². The molecule has 1 unspecified atom stereocenters. The predicted molar refractivity (Wildman–Crippen MR) is 71.0 cm³/mol. The van der Waals surface area contributed by atoms with Crippen molar-refractivity contribution in [2.24, 2.45) is 5.92 Å². The summed E-state index contributed by atoms with van der Waals surface area (Å²) in [7, 11) is 1.38. The van der Waals surface area contributed by atoms with Crippen LogP contribution in [0.15, 0.2) is 22.7 Å². The molecule has 0 radical (unpaired) electrons. The Morgan fingerprint density at radius 1 is 1.61 bits per heavy atom. The van der Waals surface area contributed by atoms with Gasteiger partial charge in [-0.05, 0) is 37.0 Å². The molecular weight excluding hydrogens is 296 g/mol. The van der Waals surface area contributed by atoms with Crippen LogP contribution < -0.4 is 5.32 Å². The molecule has 1 saturated carbocycles. The van der Waals surface area contributed by atoms with Crippen LogP contribution in [-0.2, 0) is 9.53 Å². The average molecular weight is 309 g/mol. The minimum Gasteiger partial charge on any atom is -0.467 e. The maximum atomic E-state index is 11.7. The monoisotopic (exact) mass is 308 g/mol. The number of esters is 1. The standard InChI is InChI=1S/C13H13BrN2O2/c1-18-13(17)12(8-2-3-8)16-11-5-4-10(14)6-9(11)7-15/h4-6,8,12,16H,2-3H2,1H3. The van der Waals surface area contributed by atoms with E-state index in [1.807, 2.05) is 6.07 Å². The van der Waals surface area contributed by atoms with E-state index in [2.05, 4.69) is 27.3 Å². The SMILES string of the molecule is COC(=O)C(Nc1ccc(Br)cc1C#N)C1CC1. The number of halogens is 1. The van der Waals surface area contributed by atoms with Crippen molar-refractivity contribution in [3.63, 3.8) is 0 Å². The number of rotatable bonds is 4. The number of hydrogen-bond acceptors (Lipinski definition) is 4. The first-order valence-corrected chi connectivity index (χ1v) is 6.49. The van der Waals surface area contributed by atoms with Gasteiger partial charge in [0.15, 0.2) is 0 Å². The van der Waals surface area contributed by atoms with E-state index >= 15 is 0 Å². The molecular formula is C13H13BrN2O2. The minimum atomic E-state index is -0.358. The molecule has 0 bridgehead atoms. The Labute approximate surface area is 114 Å². The number of nitrogens with zero attached hydrogens (tertiary/aromatic N) is 1. The summed E-state index contributed by atoms with van der Waals surface area (Å²) in [5, 5.41) is 12.2. The van der Waals surface area contributed by atoms with E-state index in [4.69, 9.17) is 10.00 Å². The molecule has 1 N–H and O–H groups in total. The smallest absolute Gasteiger partial charge is 0.328 e. The fourth-order valence-electron chi connectivity index (χ4n) is 1.83. The number of ether oxygens (including phenoxy) is 1. The zero-order valence-corrected chi connectivity index (χ0v) is 11.5. The number of nitrogens with one attached hydrogen (secondary N) is 1. The van der Waals surface area contributed by atoms with E-state index in [-0.39, 0.29) is 12.0 Å². The first-order valence-electron chi connectivity index (χ1n) is 5.69. The van der Waals surface area contributed by atoms with Crippen LogP contribution in [0.5, 0.6) is 0 Å². The van der Waals surface area contributed by atoms with Gasteiger partial charge in [0.2, 0.25) is 0 Å². The average Bonchev–Trinajstić information content (AvgIpc) is 3.20. The molecule has 94 valence electrons. The lowest BCUT2D eigenvalue weighted by Crippen LogP contribution is -2.33. The maximum Gasteiger partial charge on any atom is 0.328 e. The molecule has 1 aromatic rings. The number of carbonyl (C=O) groups excluding carboxylic acids is 1. The van der Waals surface area contributed by atoms with Crippen molar-refractivity contribution >= 4 is 27.6 Å². The van der Waals surface area contributed by atoms with Gasteiger partial charge in [-0.15, -0.1) is 0 Å². The molecule has 0 spiro atoms. The molecule has 2 rings (SSSR count). The molecule has 1 fully saturated rings. The van der Waals surface area contributed by atoms with Crippen LogP contribution in [0.2, 0.25) is 0 Å². The Balaban J connectivity index is 2.21. The van der Waals surface area contributed by atoms with Gasteiger partial charge < -0.3 is 10.1 Å². The van der Waals surface area contributed by atoms with Crippen molar-refractivity contribution in [1.29, 1.82) is 5.26 Å². The van der Waals surface area contributed by atoms with E-state index in [1.165, 1.54) is 7.11 Å². The van der Waals surface area contributed by atoms with Gasteiger partial charge in [-0.3, -0.25) is 0 Å². The third kappa shape index (κ3) is 2.82. The van der Waals surface area contributed by atoms with Gasteiger partial charge in [0.05, 0.1) is 18.4 Å². The van der Waals surface area contributed by atoms with Crippen LogP contribution in [0, 0.1) is 17.2 Å². The highest BCUT2D eigenvalue weighted by Crippen LogP contribution is 2.35. The van der Waals surface area contributed by atoms with Gasteiger partial charge in [-0.2, -0.15) is 5.26 Å². The van der Waals surface area contributed by atoms with E-state index in [0.717, 1.165) is 17.3 Å². The highest BCUT2D eigenvalue weighted by molar-refractivity contribution is 9.10. The van der Waals surface area contributed by atoms with Gasteiger partial charge in [0.25, 0.3) is 0 Å². The van der Waals surface area contributed by atoms with Crippen LogP contribution in [0.25, 0.3) is 0 Å². The second-order valence-corrected chi connectivity index (χ2v) is 5.20. The molecule has 4 nitrogen and oxygen atoms in total. The van der Waals surface area contributed by atoms with E-state index in [0.29, 0.717) is 17.2 Å². The summed E-state index contributed by atoms with van der Waals surface area (Å²) in [6, 6.07) is 7.11. The van der Waals surface area contributed by atoms with Crippen molar-refractivity contribution in [3.05, 3.63) is 28.2 Å². The molecule has 1 atom stereocenters. The molecule has 0 aliphatic heterocycles. The first-order chi connectivity index (χ1) is 8.65. The second-order valence-electron chi connectivity index (χ2n) is 4.28. The summed E-state index contributed by atoms with van der Waals surface area (Å²) in [5.74, 6) is 0.0388. The fraction of sp³-hybridized carbons (Fsp3) is 0.385. The zero-order chi connectivity index (χ0) is 13.1. The highest BCUT2D eigenvalue weighted by Gasteiger charge is 2.37. The lowest BCUT2D eigenvalue weighted by molar-refractivity contribution is -0.142. The van der Waals surface area contributed by atoms with E-state index in [9.17, 15) is 4.79 Å². The van der Waals surface area contributed by atoms with Crippen LogP contribution in [0.4, 0.5) is 5.69 Å². The zero-order valence-electron chi connectivity index (χ0n) is 9.94. The number of carbonyl (C=O) groups is 1. The van der Waals surface area contributed by atoms with Gasteiger partial charge in [0, 0.05) is 4.47 Å². The molecule has 0 aromatic heterocycles. The summed E-state index contributed by atoms with van der Waals surface area (Å²) in [5.41, 5.74) is 1.18. The Bertz CT molecular complexity index is 506. The summed E-state index contributed by atoms with van der Waals surface area (Å²) in [6.45, 7) is 0. The summed E-state index contributed by atoms with van der Waals surface area (Å²) < 4.78 is 5.63. The number of anilines is 1. The van der Waals surface area contributed by atoms with Crippen LogP contribution in [-0.4, -0.2) is 19.1 Å². The van der Waals surface area contributed by atoms with Crippen molar-refractivity contribution in [2.45, 2.75) is 18.9 Å². The van der Waals surface area contributed by atoms with Gasteiger partial charge >= 0.3 is 5.97 Å². The van der Waals surface area contributed by atoms with Crippen molar-refractivity contribution < 1.29 is 9.53 Å². The normalized spacial score (nSPS) is 15.6. The van der Waals surface area contributed by atoms with Crippen LogP contribution in [0.1, 0.15) is 18.4 Å². The lowest BCUT2D eigenvalue weighted by atomic mass is 10.1. The Morgan fingerprint density at radius 2 is 2.33 bits per heavy atom. The predicted octanol–water partition coefficient (Wildman–Crippen LogP) is 2.68. The third-order valence-electron chi connectivity index (χ3n) is 2.96. The quantitative estimate of drug-likeness (QED) is 0.869. The summed E-state index contributed by atoms with van der Waals surface area (Å²) >= 11 is 3.32. The lowest BCUT2D eigenvalue weighted by Gasteiger charge is -2.17. The topological polar surface area (TPSA) is 62.1 Å².